The number of guanidine groups is 1. The van der Waals surface area contributed by atoms with Crippen LogP contribution in [0.2, 0.25) is 0 Å². The molecule has 0 aromatic heterocycles. The van der Waals surface area contributed by atoms with Gasteiger partial charge in [-0.05, 0) is 38.6 Å². The number of alkyl halides is 3. The average Bonchev–Trinajstić information content (AvgIpc) is 3.04. The van der Waals surface area contributed by atoms with Crippen molar-refractivity contribution in [3.63, 3.8) is 0 Å². The fraction of sp³-hybridized carbons (Fsp3) is 0.947. The van der Waals surface area contributed by atoms with Gasteiger partial charge in [0.1, 0.15) is 0 Å². The highest BCUT2D eigenvalue weighted by atomic mass is 32.2. The van der Waals surface area contributed by atoms with Gasteiger partial charge in [-0.25, -0.2) is 0 Å². The lowest BCUT2D eigenvalue weighted by molar-refractivity contribution is -0.143. The van der Waals surface area contributed by atoms with Crippen LogP contribution in [0.3, 0.4) is 0 Å². The maximum absolute atomic E-state index is 12.6. The van der Waals surface area contributed by atoms with Crippen LogP contribution in [0, 0.1) is 5.92 Å². The summed E-state index contributed by atoms with van der Waals surface area (Å²) in [6.45, 7) is 5.80. The second-order valence-corrected chi connectivity index (χ2v) is 9.78. The van der Waals surface area contributed by atoms with Gasteiger partial charge in [-0.15, -0.1) is 0 Å². The maximum atomic E-state index is 12.6. The van der Waals surface area contributed by atoms with Crippen molar-refractivity contribution in [2.45, 2.75) is 56.4 Å². The molecule has 8 heteroatoms. The van der Waals surface area contributed by atoms with E-state index in [2.05, 4.69) is 28.9 Å². The first-order chi connectivity index (χ1) is 12.9. The number of rotatable bonds is 4. The average molecular weight is 407 g/mol. The van der Waals surface area contributed by atoms with Crippen LogP contribution >= 0.6 is 11.8 Å². The van der Waals surface area contributed by atoms with E-state index in [1.165, 1.54) is 37.0 Å². The topological polar surface area (TPSA) is 30.9 Å². The third-order valence-corrected chi connectivity index (χ3v) is 7.46. The van der Waals surface area contributed by atoms with Gasteiger partial charge in [0.25, 0.3) is 0 Å². The third-order valence-electron chi connectivity index (χ3n) is 5.92. The smallest absolute Gasteiger partial charge is 0.357 e. The van der Waals surface area contributed by atoms with E-state index in [-0.39, 0.29) is 5.92 Å². The quantitative estimate of drug-likeness (QED) is 0.571. The Kier molecular flexibility index (Phi) is 7.22. The summed E-state index contributed by atoms with van der Waals surface area (Å²) in [6, 6.07) is 0. The minimum atomic E-state index is -4.10. The van der Waals surface area contributed by atoms with Crippen LogP contribution in [-0.4, -0.2) is 78.2 Å². The van der Waals surface area contributed by atoms with Crippen molar-refractivity contribution in [2.75, 3.05) is 51.6 Å². The second kappa shape index (κ2) is 9.25. The van der Waals surface area contributed by atoms with Gasteiger partial charge in [-0.1, -0.05) is 19.3 Å². The minimum absolute atomic E-state index is 0.226. The summed E-state index contributed by atoms with van der Waals surface area (Å²) < 4.78 is 38.1. The Morgan fingerprint density at radius 1 is 1.22 bits per heavy atom. The summed E-state index contributed by atoms with van der Waals surface area (Å²) in [5.74, 6) is 2.31. The van der Waals surface area contributed by atoms with E-state index in [1.807, 2.05) is 0 Å². The Hall–Kier alpha value is -0.630. The number of nitrogens with zero attached hydrogens (tertiary/aromatic N) is 3. The molecule has 0 radical (unpaired) electrons. The van der Waals surface area contributed by atoms with Crippen LogP contribution in [-0.2, 0) is 0 Å². The molecule has 3 rings (SSSR count). The fourth-order valence-electron chi connectivity index (χ4n) is 4.62. The van der Waals surface area contributed by atoms with E-state index in [0.29, 0.717) is 24.4 Å². The molecule has 1 unspecified atom stereocenters. The molecule has 0 bridgehead atoms. The van der Waals surface area contributed by atoms with Gasteiger partial charge in [0.2, 0.25) is 0 Å². The fourth-order valence-corrected chi connectivity index (χ4v) is 6.19. The van der Waals surface area contributed by atoms with Crippen LogP contribution in [0.1, 0.15) is 45.4 Å². The highest BCUT2D eigenvalue weighted by molar-refractivity contribution is 8.00. The van der Waals surface area contributed by atoms with Crippen molar-refractivity contribution in [2.24, 2.45) is 10.9 Å². The predicted octanol–water partition coefficient (Wildman–Crippen LogP) is 3.59. The Morgan fingerprint density at radius 2 is 2.00 bits per heavy atom. The largest absolute Gasteiger partial charge is 0.401 e. The molecular weight excluding hydrogens is 373 g/mol. The second-order valence-electron chi connectivity index (χ2n) is 8.21. The molecule has 4 nitrogen and oxygen atoms in total. The van der Waals surface area contributed by atoms with Crippen molar-refractivity contribution >= 4 is 17.7 Å². The molecule has 0 aromatic rings. The monoisotopic (exact) mass is 406 g/mol. The molecule has 0 amide bonds. The highest BCUT2D eigenvalue weighted by Crippen LogP contribution is 2.42. The zero-order valence-electron chi connectivity index (χ0n) is 16.4. The molecule has 0 aromatic carbocycles. The summed E-state index contributed by atoms with van der Waals surface area (Å²) >= 11 is 2.14. The van der Waals surface area contributed by atoms with Crippen molar-refractivity contribution in [3.05, 3.63) is 0 Å². The SMILES string of the molecule is CCNC(=NCC1CCN(CC(F)(F)F)C1)N1CCSC2(CCCCC2)C1. The van der Waals surface area contributed by atoms with Crippen LogP contribution in [0.5, 0.6) is 0 Å². The van der Waals surface area contributed by atoms with Gasteiger partial charge in [-0.3, -0.25) is 9.89 Å². The molecule has 2 aliphatic heterocycles. The van der Waals surface area contributed by atoms with Crippen molar-refractivity contribution < 1.29 is 13.2 Å². The van der Waals surface area contributed by atoms with Gasteiger partial charge >= 0.3 is 6.18 Å². The number of hydrogen-bond donors (Lipinski definition) is 1. The number of thioether (sulfide) groups is 1. The van der Waals surface area contributed by atoms with Gasteiger partial charge in [0, 0.05) is 43.2 Å². The van der Waals surface area contributed by atoms with E-state index in [9.17, 15) is 13.2 Å². The Labute approximate surface area is 165 Å². The molecule has 3 fully saturated rings. The molecule has 1 aliphatic carbocycles. The zero-order valence-corrected chi connectivity index (χ0v) is 17.2. The predicted molar refractivity (Wildman–Crippen MR) is 106 cm³/mol. The van der Waals surface area contributed by atoms with Crippen molar-refractivity contribution in [1.29, 1.82) is 0 Å². The Bertz CT molecular complexity index is 500. The van der Waals surface area contributed by atoms with Crippen LogP contribution < -0.4 is 5.32 Å². The van der Waals surface area contributed by atoms with Crippen molar-refractivity contribution in [1.82, 2.24) is 15.1 Å². The molecule has 27 heavy (non-hydrogen) atoms. The number of halogens is 3. The summed E-state index contributed by atoms with van der Waals surface area (Å²) in [4.78, 5) is 8.75. The molecule has 156 valence electrons. The Balaban J connectivity index is 1.56. The summed E-state index contributed by atoms with van der Waals surface area (Å²) in [5.41, 5.74) is 0. The first-order valence-electron chi connectivity index (χ1n) is 10.4. The van der Waals surface area contributed by atoms with E-state index < -0.39 is 12.7 Å². The molecule has 1 atom stereocenters. The molecule has 3 aliphatic rings. The first-order valence-corrected chi connectivity index (χ1v) is 11.3. The van der Waals surface area contributed by atoms with Gasteiger partial charge in [0.15, 0.2) is 5.96 Å². The summed E-state index contributed by atoms with van der Waals surface area (Å²) in [7, 11) is 0. The molecule has 1 spiro atoms. The van der Waals surface area contributed by atoms with Crippen LogP contribution in [0.25, 0.3) is 0 Å². The molecule has 1 N–H and O–H groups in total. The third kappa shape index (κ3) is 6.17. The van der Waals surface area contributed by atoms with Crippen molar-refractivity contribution in [3.8, 4) is 0 Å². The van der Waals surface area contributed by atoms with E-state index in [4.69, 9.17) is 4.99 Å². The number of likely N-dealkylation sites (tertiary alicyclic amines) is 1. The zero-order chi connectivity index (χ0) is 19.3. The van der Waals surface area contributed by atoms with Gasteiger partial charge in [0.05, 0.1) is 6.54 Å². The van der Waals surface area contributed by atoms with Gasteiger partial charge in [-0.2, -0.15) is 24.9 Å². The standard InChI is InChI=1S/C19H33F3N4S/c1-2-23-17(24-12-16-6-9-25(13-16)15-19(20,21)22)26-10-11-27-18(14-26)7-4-3-5-8-18/h16H,2-15H2,1H3,(H,23,24). The maximum Gasteiger partial charge on any atom is 0.401 e. The van der Waals surface area contributed by atoms with Gasteiger partial charge < -0.3 is 10.2 Å². The van der Waals surface area contributed by atoms with E-state index in [1.54, 1.807) is 0 Å². The summed E-state index contributed by atoms with van der Waals surface area (Å²) in [6.07, 6.45) is 3.29. The van der Waals surface area contributed by atoms with Crippen LogP contribution in [0.15, 0.2) is 4.99 Å². The molecule has 2 heterocycles. The molecular formula is C19H33F3N4S. The first kappa shape index (κ1) is 21.1. The lowest BCUT2D eigenvalue weighted by atomic mass is 9.87. The summed E-state index contributed by atoms with van der Waals surface area (Å²) in [5, 5.41) is 3.42. The van der Waals surface area contributed by atoms with E-state index in [0.717, 1.165) is 37.8 Å². The number of hydrogen-bond acceptors (Lipinski definition) is 3. The number of aliphatic imine (C=N–C) groups is 1. The van der Waals surface area contributed by atoms with E-state index >= 15 is 0 Å². The molecule has 2 saturated heterocycles. The Morgan fingerprint density at radius 3 is 2.70 bits per heavy atom. The molecule has 1 saturated carbocycles. The lowest BCUT2D eigenvalue weighted by Gasteiger charge is -2.45. The lowest BCUT2D eigenvalue weighted by Crippen LogP contribution is -2.53. The highest BCUT2D eigenvalue weighted by Gasteiger charge is 2.38. The minimum Gasteiger partial charge on any atom is -0.357 e. The normalized spacial score (nSPS) is 27.3. The number of nitrogens with one attached hydrogen (secondary N) is 1. The van der Waals surface area contributed by atoms with Crippen LogP contribution in [0.4, 0.5) is 13.2 Å².